The van der Waals surface area contributed by atoms with Gasteiger partial charge in [0.2, 0.25) is 5.91 Å². The monoisotopic (exact) mass is 335 g/mol. The Kier molecular flexibility index (Phi) is 5.24. The molecule has 1 aliphatic heterocycles. The lowest BCUT2D eigenvalue weighted by molar-refractivity contribution is -0.118. The van der Waals surface area contributed by atoms with Crippen LogP contribution in [-0.2, 0) is 14.1 Å². The highest BCUT2D eigenvalue weighted by atomic mass is 35.5. The molecule has 0 atom stereocenters. The van der Waals surface area contributed by atoms with Crippen molar-refractivity contribution in [2.45, 2.75) is 45.8 Å². The van der Waals surface area contributed by atoms with Crippen molar-refractivity contribution in [3.05, 3.63) is 40.3 Å². The van der Waals surface area contributed by atoms with Gasteiger partial charge in [0.25, 0.3) is 0 Å². The predicted molar refractivity (Wildman–Crippen MR) is 94.2 cm³/mol. The summed E-state index contributed by atoms with van der Waals surface area (Å²) in [5.41, 5.74) is 0.817. The van der Waals surface area contributed by atoms with Crippen LogP contribution in [0.3, 0.4) is 0 Å². The van der Waals surface area contributed by atoms with Crippen molar-refractivity contribution >= 4 is 30.7 Å². The molecule has 1 fully saturated rings. The molecule has 0 aliphatic carbocycles. The van der Waals surface area contributed by atoms with E-state index in [0.29, 0.717) is 11.6 Å². The molecule has 0 aromatic heterocycles. The maximum Gasteiger partial charge on any atom is 0.492 e. The van der Waals surface area contributed by atoms with Crippen molar-refractivity contribution in [3.63, 3.8) is 0 Å². The van der Waals surface area contributed by atoms with Crippen LogP contribution in [0.25, 0.3) is 6.08 Å². The topological polar surface area (TPSA) is 47.6 Å². The van der Waals surface area contributed by atoms with Gasteiger partial charge in [-0.3, -0.25) is 4.79 Å². The molecule has 124 valence electrons. The number of halogens is 1. The van der Waals surface area contributed by atoms with E-state index in [1.807, 2.05) is 58.0 Å². The zero-order chi connectivity index (χ0) is 17.3. The fourth-order valence-electron chi connectivity index (χ4n) is 2.22. The number of hydrogen-bond acceptors (Lipinski definition) is 3. The average molecular weight is 336 g/mol. The van der Waals surface area contributed by atoms with Crippen LogP contribution in [-0.4, -0.2) is 30.8 Å². The molecule has 0 saturated carbocycles. The molecule has 1 aliphatic rings. The van der Waals surface area contributed by atoms with E-state index in [0.717, 1.165) is 11.0 Å². The number of carbonyl (C=O) groups is 1. The Bertz CT molecular complexity index is 612. The summed E-state index contributed by atoms with van der Waals surface area (Å²) >= 11 is 6.24. The van der Waals surface area contributed by atoms with E-state index in [-0.39, 0.29) is 5.91 Å². The third-order valence-corrected chi connectivity index (χ3v) is 4.69. The van der Waals surface area contributed by atoms with Crippen LogP contribution >= 0.6 is 11.6 Å². The highest BCUT2D eigenvalue weighted by molar-refractivity contribution is 6.56. The Labute approximate surface area is 143 Å². The maximum absolute atomic E-state index is 11.3. The number of amides is 1. The van der Waals surface area contributed by atoms with Crippen molar-refractivity contribution < 1.29 is 14.1 Å². The molecule has 0 unspecified atom stereocenters. The van der Waals surface area contributed by atoms with Gasteiger partial charge in [0.15, 0.2) is 0 Å². The second-order valence-electron chi connectivity index (χ2n) is 6.74. The first kappa shape index (κ1) is 18.0. The van der Waals surface area contributed by atoms with Crippen LogP contribution in [0.2, 0.25) is 5.02 Å². The SMILES string of the molecule is CC(=O)NCC(=Cc1ccccc1Cl)B1OC(C)(C)C(C)(C)O1. The third kappa shape index (κ3) is 4.16. The molecule has 1 N–H and O–H groups in total. The van der Waals surface area contributed by atoms with Gasteiger partial charge in [-0.2, -0.15) is 0 Å². The summed E-state index contributed by atoms with van der Waals surface area (Å²) in [4.78, 5) is 11.3. The molecule has 1 saturated heterocycles. The molecule has 0 bridgehead atoms. The van der Waals surface area contributed by atoms with Crippen LogP contribution in [0.5, 0.6) is 0 Å². The van der Waals surface area contributed by atoms with Crippen LogP contribution < -0.4 is 5.32 Å². The van der Waals surface area contributed by atoms with E-state index in [9.17, 15) is 4.79 Å². The number of nitrogens with one attached hydrogen (secondary N) is 1. The van der Waals surface area contributed by atoms with Gasteiger partial charge in [0, 0.05) is 18.5 Å². The standard InChI is InChI=1S/C17H23BClNO3/c1-12(21)20-11-14(10-13-8-6-7-9-15(13)19)18-22-16(2,3)17(4,5)23-18/h6-10H,11H2,1-5H3,(H,20,21). The summed E-state index contributed by atoms with van der Waals surface area (Å²) in [5.74, 6) is -0.105. The van der Waals surface area contributed by atoms with E-state index in [1.54, 1.807) is 0 Å². The number of carbonyl (C=O) groups excluding carboxylic acids is 1. The van der Waals surface area contributed by atoms with Gasteiger partial charge in [0.1, 0.15) is 0 Å². The van der Waals surface area contributed by atoms with Gasteiger partial charge in [-0.1, -0.05) is 35.9 Å². The van der Waals surface area contributed by atoms with E-state index in [2.05, 4.69) is 5.32 Å². The van der Waals surface area contributed by atoms with Crippen LogP contribution in [0.1, 0.15) is 40.2 Å². The molecule has 1 aromatic rings. The largest absolute Gasteiger partial charge is 0.492 e. The maximum atomic E-state index is 11.3. The quantitative estimate of drug-likeness (QED) is 0.857. The molecular weight excluding hydrogens is 312 g/mol. The van der Waals surface area contributed by atoms with Gasteiger partial charge < -0.3 is 14.6 Å². The van der Waals surface area contributed by atoms with Crippen molar-refractivity contribution in [2.24, 2.45) is 0 Å². The van der Waals surface area contributed by atoms with Crippen molar-refractivity contribution in [3.8, 4) is 0 Å². The molecule has 6 heteroatoms. The van der Waals surface area contributed by atoms with E-state index < -0.39 is 18.3 Å². The minimum Gasteiger partial charge on any atom is -0.400 e. The minimum atomic E-state index is -0.525. The smallest absolute Gasteiger partial charge is 0.400 e. The Morgan fingerprint density at radius 1 is 1.22 bits per heavy atom. The molecular formula is C17H23BClNO3. The summed E-state index contributed by atoms with van der Waals surface area (Å²) in [7, 11) is -0.525. The molecule has 23 heavy (non-hydrogen) atoms. The molecule has 1 heterocycles. The summed E-state index contributed by atoms with van der Waals surface area (Å²) < 4.78 is 12.2. The van der Waals surface area contributed by atoms with E-state index in [1.165, 1.54) is 6.92 Å². The summed E-state index contributed by atoms with van der Waals surface area (Å²) in [5, 5.41) is 3.45. The lowest BCUT2D eigenvalue weighted by Crippen LogP contribution is -2.41. The van der Waals surface area contributed by atoms with Crippen LogP contribution in [0.4, 0.5) is 0 Å². The van der Waals surface area contributed by atoms with Gasteiger partial charge in [-0.05, 0) is 44.8 Å². The number of hydrogen-bond donors (Lipinski definition) is 1. The first-order chi connectivity index (χ1) is 10.6. The van der Waals surface area contributed by atoms with Gasteiger partial charge in [-0.25, -0.2) is 0 Å². The summed E-state index contributed by atoms with van der Waals surface area (Å²) in [6.07, 6.45) is 1.92. The highest BCUT2D eigenvalue weighted by Gasteiger charge is 2.52. The zero-order valence-corrected chi connectivity index (χ0v) is 15.0. The van der Waals surface area contributed by atoms with Crippen LogP contribution in [0, 0.1) is 0 Å². The fourth-order valence-corrected chi connectivity index (χ4v) is 2.41. The van der Waals surface area contributed by atoms with Crippen molar-refractivity contribution in [1.82, 2.24) is 5.32 Å². The van der Waals surface area contributed by atoms with E-state index >= 15 is 0 Å². The van der Waals surface area contributed by atoms with Gasteiger partial charge in [-0.15, -0.1) is 0 Å². The summed E-state index contributed by atoms with van der Waals surface area (Å²) in [6.45, 7) is 9.82. The highest BCUT2D eigenvalue weighted by Crippen LogP contribution is 2.38. The average Bonchev–Trinajstić information content (AvgIpc) is 2.65. The fraction of sp³-hybridized carbons (Fsp3) is 0.471. The van der Waals surface area contributed by atoms with E-state index in [4.69, 9.17) is 20.9 Å². The second-order valence-corrected chi connectivity index (χ2v) is 7.15. The molecule has 1 aromatic carbocycles. The zero-order valence-electron chi connectivity index (χ0n) is 14.3. The van der Waals surface area contributed by atoms with Crippen LogP contribution in [0.15, 0.2) is 29.7 Å². The lowest BCUT2D eigenvalue weighted by Gasteiger charge is -2.32. The molecule has 0 spiro atoms. The number of benzene rings is 1. The molecule has 4 nitrogen and oxygen atoms in total. The lowest BCUT2D eigenvalue weighted by atomic mass is 9.77. The minimum absolute atomic E-state index is 0.105. The third-order valence-electron chi connectivity index (χ3n) is 4.34. The van der Waals surface area contributed by atoms with Gasteiger partial charge >= 0.3 is 7.12 Å². The molecule has 2 rings (SSSR count). The molecule has 1 amide bonds. The first-order valence-corrected chi connectivity index (χ1v) is 8.05. The van der Waals surface area contributed by atoms with Gasteiger partial charge in [0.05, 0.1) is 11.2 Å². The van der Waals surface area contributed by atoms with Crippen molar-refractivity contribution in [2.75, 3.05) is 6.54 Å². The Balaban J connectivity index is 2.32. The second kappa shape index (κ2) is 6.67. The summed E-state index contributed by atoms with van der Waals surface area (Å²) in [6, 6.07) is 7.54. The Morgan fingerprint density at radius 3 is 2.30 bits per heavy atom. The Hall–Kier alpha value is -1.30. The number of rotatable bonds is 4. The first-order valence-electron chi connectivity index (χ1n) is 7.67. The van der Waals surface area contributed by atoms with Crippen molar-refractivity contribution in [1.29, 1.82) is 0 Å². The Morgan fingerprint density at radius 2 is 1.78 bits per heavy atom. The normalized spacial score (nSPS) is 19.7. The molecule has 0 radical (unpaired) electrons. The predicted octanol–water partition coefficient (Wildman–Crippen LogP) is 3.49.